The second-order valence-corrected chi connectivity index (χ2v) is 5.53. The van der Waals surface area contributed by atoms with Crippen LogP contribution in [0.5, 0.6) is 0 Å². The molecule has 3 heteroatoms. The Morgan fingerprint density at radius 1 is 1.18 bits per heavy atom. The molecule has 1 aromatic carbocycles. The molecule has 3 unspecified atom stereocenters. The largest absolute Gasteiger partial charge is 0.388 e. The van der Waals surface area contributed by atoms with Crippen LogP contribution in [0.1, 0.15) is 25.5 Å². The molecule has 1 N–H and O–H groups in total. The first-order chi connectivity index (χ1) is 7.91. The first-order valence-electron chi connectivity index (χ1n) is 6.00. The van der Waals surface area contributed by atoms with Gasteiger partial charge in [-0.05, 0) is 43.6 Å². The van der Waals surface area contributed by atoms with Gasteiger partial charge in [-0.15, -0.1) is 0 Å². The van der Waals surface area contributed by atoms with E-state index < -0.39 is 6.10 Å². The van der Waals surface area contributed by atoms with Crippen LogP contribution in [0.15, 0.2) is 24.3 Å². The summed E-state index contributed by atoms with van der Waals surface area (Å²) in [6.07, 6.45) is -0.429. The Balaban J connectivity index is 2.68. The highest BCUT2D eigenvalue weighted by molar-refractivity contribution is 6.30. The highest BCUT2D eigenvalue weighted by Gasteiger charge is 2.22. The molecule has 0 radical (unpaired) electrons. The Morgan fingerprint density at radius 2 is 1.71 bits per heavy atom. The molecule has 1 aromatic rings. The van der Waals surface area contributed by atoms with Crippen molar-refractivity contribution in [1.82, 2.24) is 4.90 Å². The van der Waals surface area contributed by atoms with E-state index in [1.807, 2.05) is 24.3 Å². The molecular weight excluding hydrogens is 234 g/mol. The Morgan fingerprint density at radius 3 is 2.18 bits per heavy atom. The van der Waals surface area contributed by atoms with Crippen LogP contribution in [0.3, 0.4) is 0 Å². The minimum Gasteiger partial charge on any atom is -0.388 e. The number of hydrogen-bond donors (Lipinski definition) is 1. The smallest absolute Gasteiger partial charge is 0.0818 e. The summed E-state index contributed by atoms with van der Waals surface area (Å²) < 4.78 is 0. The lowest BCUT2D eigenvalue weighted by Gasteiger charge is -2.27. The maximum Gasteiger partial charge on any atom is 0.0818 e. The van der Waals surface area contributed by atoms with Gasteiger partial charge in [-0.2, -0.15) is 0 Å². The van der Waals surface area contributed by atoms with Crippen molar-refractivity contribution in [2.75, 3.05) is 20.6 Å². The predicted octanol–water partition coefficient (Wildman–Crippen LogP) is 3.21. The van der Waals surface area contributed by atoms with Crippen molar-refractivity contribution < 1.29 is 5.11 Å². The Bertz CT molecular complexity index is 337. The predicted molar refractivity (Wildman–Crippen MR) is 73.3 cm³/mol. The van der Waals surface area contributed by atoms with Crippen molar-refractivity contribution >= 4 is 11.6 Å². The maximum atomic E-state index is 10.3. The zero-order chi connectivity index (χ0) is 13.0. The summed E-state index contributed by atoms with van der Waals surface area (Å²) in [5.41, 5.74) is 0.938. The van der Waals surface area contributed by atoms with Gasteiger partial charge in [0.1, 0.15) is 0 Å². The monoisotopic (exact) mass is 255 g/mol. The van der Waals surface area contributed by atoms with E-state index in [1.54, 1.807) is 0 Å². The lowest BCUT2D eigenvalue weighted by Crippen LogP contribution is -2.27. The molecule has 0 bridgehead atoms. The zero-order valence-corrected chi connectivity index (χ0v) is 11.8. The molecule has 3 atom stereocenters. The highest BCUT2D eigenvalue weighted by atomic mass is 35.5. The van der Waals surface area contributed by atoms with Crippen LogP contribution < -0.4 is 0 Å². The average Bonchev–Trinajstić information content (AvgIpc) is 2.27. The van der Waals surface area contributed by atoms with E-state index in [2.05, 4.69) is 32.8 Å². The molecule has 0 aliphatic heterocycles. The minimum absolute atomic E-state index is 0.221. The molecule has 0 spiro atoms. The van der Waals surface area contributed by atoms with Crippen LogP contribution in [-0.2, 0) is 0 Å². The summed E-state index contributed by atoms with van der Waals surface area (Å²) in [5, 5.41) is 11.0. The molecule has 0 saturated heterocycles. The second-order valence-electron chi connectivity index (χ2n) is 5.10. The minimum atomic E-state index is -0.429. The average molecular weight is 256 g/mol. The van der Waals surface area contributed by atoms with Crippen LogP contribution >= 0.6 is 11.6 Å². The SMILES string of the molecule is CC(CN(C)C)C(C)C(O)c1ccc(Cl)cc1. The van der Waals surface area contributed by atoms with E-state index in [-0.39, 0.29) is 5.92 Å². The second kappa shape index (κ2) is 6.39. The number of nitrogens with zero attached hydrogens (tertiary/aromatic N) is 1. The van der Waals surface area contributed by atoms with E-state index in [0.717, 1.165) is 12.1 Å². The fourth-order valence-electron chi connectivity index (χ4n) is 2.02. The molecule has 0 aromatic heterocycles. The van der Waals surface area contributed by atoms with E-state index >= 15 is 0 Å². The van der Waals surface area contributed by atoms with Crippen molar-refractivity contribution in [3.05, 3.63) is 34.9 Å². The molecule has 1 rings (SSSR count). The first-order valence-corrected chi connectivity index (χ1v) is 6.38. The quantitative estimate of drug-likeness (QED) is 0.874. The Kier molecular flexibility index (Phi) is 5.44. The molecule has 0 aliphatic carbocycles. The highest BCUT2D eigenvalue weighted by Crippen LogP contribution is 2.28. The van der Waals surface area contributed by atoms with Crippen molar-refractivity contribution in [2.24, 2.45) is 11.8 Å². The molecule has 0 amide bonds. The van der Waals surface area contributed by atoms with Gasteiger partial charge in [0.25, 0.3) is 0 Å². The standard InChI is InChI=1S/C14H22ClNO/c1-10(9-16(3)4)11(2)14(17)12-5-7-13(15)8-6-12/h5-8,10-11,14,17H,9H2,1-4H3. The van der Waals surface area contributed by atoms with E-state index in [0.29, 0.717) is 10.9 Å². The van der Waals surface area contributed by atoms with Gasteiger partial charge in [0, 0.05) is 11.6 Å². The molecule has 0 heterocycles. The van der Waals surface area contributed by atoms with Crippen molar-refractivity contribution in [3.63, 3.8) is 0 Å². The summed E-state index contributed by atoms with van der Waals surface area (Å²) >= 11 is 5.84. The fourth-order valence-corrected chi connectivity index (χ4v) is 2.14. The van der Waals surface area contributed by atoms with E-state index in [9.17, 15) is 5.11 Å². The van der Waals surface area contributed by atoms with Crippen LogP contribution in [0.25, 0.3) is 0 Å². The van der Waals surface area contributed by atoms with Crippen LogP contribution in [-0.4, -0.2) is 30.6 Å². The Hall–Kier alpha value is -0.570. The molecule has 0 aliphatic rings. The van der Waals surface area contributed by atoms with Crippen LogP contribution in [0.2, 0.25) is 5.02 Å². The number of aliphatic hydroxyl groups excluding tert-OH is 1. The van der Waals surface area contributed by atoms with Gasteiger partial charge >= 0.3 is 0 Å². The molecule has 0 fully saturated rings. The molecular formula is C14H22ClNO. The topological polar surface area (TPSA) is 23.5 Å². The number of benzene rings is 1. The summed E-state index contributed by atoms with van der Waals surface area (Å²) in [7, 11) is 4.11. The molecule has 2 nitrogen and oxygen atoms in total. The maximum absolute atomic E-state index is 10.3. The van der Waals surface area contributed by atoms with E-state index in [1.165, 1.54) is 0 Å². The first kappa shape index (κ1) is 14.5. The summed E-state index contributed by atoms with van der Waals surface area (Å²) in [6, 6.07) is 7.44. The van der Waals surface area contributed by atoms with Crippen molar-refractivity contribution in [1.29, 1.82) is 0 Å². The fraction of sp³-hybridized carbons (Fsp3) is 0.571. The lowest BCUT2D eigenvalue weighted by molar-refractivity contribution is 0.0783. The summed E-state index contributed by atoms with van der Waals surface area (Å²) in [6.45, 7) is 5.24. The summed E-state index contributed by atoms with van der Waals surface area (Å²) in [4.78, 5) is 2.15. The molecule has 0 saturated carbocycles. The molecule has 96 valence electrons. The number of halogens is 1. The van der Waals surface area contributed by atoms with Gasteiger partial charge in [0.2, 0.25) is 0 Å². The number of aliphatic hydroxyl groups is 1. The zero-order valence-electron chi connectivity index (χ0n) is 11.0. The van der Waals surface area contributed by atoms with Gasteiger partial charge in [-0.3, -0.25) is 0 Å². The van der Waals surface area contributed by atoms with E-state index in [4.69, 9.17) is 11.6 Å². The van der Waals surface area contributed by atoms with Crippen molar-refractivity contribution in [2.45, 2.75) is 20.0 Å². The third-order valence-electron chi connectivity index (χ3n) is 3.26. The van der Waals surface area contributed by atoms with Gasteiger partial charge in [0.15, 0.2) is 0 Å². The van der Waals surface area contributed by atoms with Gasteiger partial charge in [-0.25, -0.2) is 0 Å². The van der Waals surface area contributed by atoms with Gasteiger partial charge in [-0.1, -0.05) is 37.6 Å². The number of rotatable bonds is 5. The summed E-state index contributed by atoms with van der Waals surface area (Å²) in [5.74, 6) is 0.661. The Labute approximate surface area is 109 Å². The normalized spacial score (nSPS) is 16.9. The molecule has 17 heavy (non-hydrogen) atoms. The third kappa shape index (κ3) is 4.30. The third-order valence-corrected chi connectivity index (χ3v) is 3.51. The van der Waals surface area contributed by atoms with Gasteiger partial charge in [0.05, 0.1) is 6.10 Å². The van der Waals surface area contributed by atoms with Crippen molar-refractivity contribution in [3.8, 4) is 0 Å². The lowest BCUT2D eigenvalue weighted by atomic mass is 9.87. The van der Waals surface area contributed by atoms with Crippen LogP contribution in [0, 0.1) is 11.8 Å². The van der Waals surface area contributed by atoms with Crippen LogP contribution in [0.4, 0.5) is 0 Å². The number of hydrogen-bond acceptors (Lipinski definition) is 2. The van der Waals surface area contributed by atoms with Gasteiger partial charge < -0.3 is 10.0 Å².